The molecule has 4 nitrogen and oxygen atoms in total. The van der Waals surface area contributed by atoms with Crippen molar-refractivity contribution in [1.29, 1.82) is 0 Å². The number of amides is 2. The highest BCUT2D eigenvalue weighted by Gasteiger charge is 2.42. The Hall–Kier alpha value is -2.60. The summed E-state index contributed by atoms with van der Waals surface area (Å²) in [4.78, 5) is 25.6. The first kappa shape index (κ1) is 15.3. The molecule has 3 rings (SSSR count). The predicted molar refractivity (Wildman–Crippen MR) is 79.3 cm³/mol. The SMILES string of the molecule is O=C1CC([NH2+]Cc2ccc(F)cc2)C(=O)N1c1ccc(F)cc1. The highest BCUT2D eigenvalue weighted by molar-refractivity contribution is 6.21. The number of rotatable bonds is 4. The summed E-state index contributed by atoms with van der Waals surface area (Å²) in [6.45, 7) is 0.473. The molecule has 0 saturated carbocycles. The van der Waals surface area contributed by atoms with Gasteiger partial charge in [0.2, 0.25) is 5.91 Å². The van der Waals surface area contributed by atoms with Crippen molar-refractivity contribution in [2.75, 3.05) is 4.90 Å². The highest BCUT2D eigenvalue weighted by atomic mass is 19.1. The topological polar surface area (TPSA) is 54.0 Å². The fraction of sp³-hybridized carbons (Fsp3) is 0.176. The number of quaternary nitrogens is 1. The van der Waals surface area contributed by atoms with Crippen LogP contribution in [0.25, 0.3) is 0 Å². The molecule has 1 aliphatic heterocycles. The lowest BCUT2D eigenvalue weighted by atomic mass is 10.2. The third-order valence-electron chi connectivity index (χ3n) is 3.82. The Morgan fingerprint density at radius 1 is 0.957 bits per heavy atom. The van der Waals surface area contributed by atoms with Crippen molar-refractivity contribution in [3.8, 4) is 0 Å². The van der Waals surface area contributed by atoms with Crippen molar-refractivity contribution in [1.82, 2.24) is 0 Å². The Labute approximate surface area is 131 Å². The van der Waals surface area contributed by atoms with Crippen LogP contribution in [0.3, 0.4) is 0 Å². The smallest absolute Gasteiger partial charge is 0.292 e. The standard InChI is InChI=1S/C17H14F2N2O2/c18-12-3-1-11(2-4-12)10-20-15-9-16(22)21(17(15)23)14-7-5-13(19)6-8-14/h1-8,15,20H,9-10H2/p+1. The average molecular weight is 317 g/mol. The molecule has 0 bridgehead atoms. The number of nitrogens with zero attached hydrogens (tertiary/aromatic N) is 1. The lowest BCUT2D eigenvalue weighted by Crippen LogP contribution is -2.90. The van der Waals surface area contributed by atoms with Crippen molar-refractivity contribution in [3.05, 3.63) is 65.7 Å². The van der Waals surface area contributed by atoms with E-state index in [4.69, 9.17) is 0 Å². The third kappa shape index (κ3) is 3.27. The fourth-order valence-corrected chi connectivity index (χ4v) is 2.60. The van der Waals surface area contributed by atoms with Crippen molar-refractivity contribution in [2.24, 2.45) is 0 Å². The van der Waals surface area contributed by atoms with Crippen LogP contribution in [0, 0.1) is 11.6 Å². The summed E-state index contributed by atoms with van der Waals surface area (Å²) in [5, 5.41) is 1.76. The van der Waals surface area contributed by atoms with Gasteiger partial charge < -0.3 is 5.32 Å². The van der Waals surface area contributed by atoms with Gasteiger partial charge in [-0.2, -0.15) is 0 Å². The molecule has 1 atom stereocenters. The molecule has 6 heteroatoms. The molecular weight excluding hydrogens is 302 g/mol. The molecule has 0 aromatic heterocycles. The Balaban J connectivity index is 1.68. The molecule has 1 saturated heterocycles. The van der Waals surface area contributed by atoms with Crippen molar-refractivity contribution >= 4 is 17.5 Å². The Kier molecular flexibility index (Phi) is 4.16. The maximum Gasteiger partial charge on any atom is 0.292 e. The molecule has 0 spiro atoms. The molecule has 2 aromatic rings. The van der Waals surface area contributed by atoms with Gasteiger partial charge in [-0.1, -0.05) is 12.1 Å². The van der Waals surface area contributed by atoms with Crippen molar-refractivity contribution in [3.63, 3.8) is 0 Å². The molecule has 23 heavy (non-hydrogen) atoms. The van der Waals surface area contributed by atoms with E-state index in [1.807, 2.05) is 0 Å². The first-order chi connectivity index (χ1) is 11.0. The number of hydrogen-bond acceptors (Lipinski definition) is 2. The molecule has 118 valence electrons. The summed E-state index contributed by atoms with van der Waals surface area (Å²) < 4.78 is 25.8. The number of hydrogen-bond donors (Lipinski definition) is 1. The number of anilines is 1. The number of benzene rings is 2. The van der Waals surface area contributed by atoms with Crippen LogP contribution in [0.1, 0.15) is 12.0 Å². The number of carbonyl (C=O) groups excluding carboxylic acids is 2. The minimum absolute atomic E-state index is 0.0946. The molecule has 1 aliphatic rings. The van der Waals surface area contributed by atoms with Crippen LogP contribution in [0.4, 0.5) is 14.5 Å². The number of carbonyl (C=O) groups is 2. The zero-order chi connectivity index (χ0) is 16.4. The second kappa shape index (κ2) is 6.26. The normalized spacial score (nSPS) is 17.8. The Morgan fingerprint density at radius 2 is 1.52 bits per heavy atom. The van der Waals surface area contributed by atoms with Gasteiger partial charge >= 0.3 is 0 Å². The maximum atomic E-state index is 13.0. The molecular formula is C17H15F2N2O2+. The first-order valence-electron chi connectivity index (χ1n) is 7.25. The molecule has 1 unspecified atom stereocenters. The summed E-state index contributed by atoms with van der Waals surface area (Å²) in [5.41, 5.74) is 1.24. The van der Waals surface area contributed by atoms with Gasteiger partial charge in [-0.3, -0.25) is 9.59 Å². The van der Waals surface area contributed by atoms with Gasteiger partial charge in [-0.15, -0.1) is 0 Å². The van der Waals surface area contributed by atoms with Crippen LogP contribution in [0.5, 0.6) is 0 Å². The van der Waals surface area contributed by atoms with E-state index in [-0.39, 0.29) is 24.1 Å². The predicted octanol–water partition coefficient (Wildman–Crippen LogP) is 1.36. The van der Waals surface area contributed by atoms with Gasteiger partial charge in [0.05, 0.1) is 12.1 Å². The minimum atomic E-state index is -0.516. The molecule has 0 aliphatic carbocycles. The van der Waals surface area contributed by atoms with Gasteiger partial charge in [0, 0.05) is 5.56 Å². The van der Waals surface area contributed by atoms with Gasteiger partial charge in [0.15, 0.2) is 6.04 Å². The Bertz CT molecular complexity index is 729. The number of halogens is 2. The molecule has 1 fully saturated rings. The Morgan fingerprint density at radius 3 is 2.13 bits per heavy atom. The quantitative estimate of drug-likeness (QED) is 0.866. The molecule has 2 aromatic carbocycles. The zero-order valence-electron chi connectivity index (χ0n) is 12.2. The number of nitrogens with two attached hydrogens (primary N) is 1. The minimum Gasteiger partial charge on any atom is -0.332 e. The van der Waals surface area contributed by atoms with Crippen LogP contribution in [0.15, 0.2) is 48.5 Å². The van der Waals surface area contributed by atoms with Crippen LogP contribution in [-0.4, -0.2) is 17.9 Å². The van der Waals surface area contributed by atoms with Gasteiger partial charge in [0.1, 0.15) is 18.2 Å². The lowest BCUT2D eigenvalue weighted by Gasteiger charge is -2.14. The maximum absolute atomic E-state index is 13.0. The summed E-state index contributed by atoms with van der Waals surface area (Å²) in [6, 6.07) is 10.7. The van der Waals surface area contributed by atoms with E-state index in [9.17, 15) is 18.4 Å². The zero-order valence-corrected chi connectivity index (χ0v) is 12.2. The summed E-state index contributed by atoms with van der Waals surface area (Å²) in [7, 11) is 0. The summed E-state index contributed by atoms with van der Waals surface area (Å²) >= 11 is 0. The summed E-state index contributed by atoms with van der Waals surface area (Å²) in [6.07, 6.45) is 0.0946. The van der Waals surface area contributed by atoms with Crippen LogP contribution < -0.4 is 10.2 Å². The van der Waals surface area contributed by atoms with Crippen LogP contribution in [0.2, 0.25) is 0 Å². The summed E-state index contributed by atoms with van der Waals surface area (Å²) in [5.74, 6) is -1.36. The van der Waals surface area contributed by atoms with Crippen molar-refractivity contribution < 1.29 is 23.7 Å². The molecule has 1 heterocycles. The largest absolute Gasteiger partial charge is 0.332 e. The van der Waals surface area contributed by atoms with Crippen LogP contribution in [-0.2, 0) is 16.1 Å². The fourth-order valence-electron chi connectivity index (χ4n) is 2.60. The van der Waals surface area contributed by atoms with E-state index in [1.54, 1.807) is 17.4 Å². The van der Waals surface area contributed by atoms with E-state index in [0.29, 0.717) is 12.2 Å². The van der Waals surface area contributed by atoms with E-state index in [0.717, 1.165) is 10.5 Å². The van der Waals surface area contributed by atoms with Crippen LogP contribution >= 0.6 is 0 Å². The van der Waals surface area contributed by atoms with E-state index in [2.05, 4.69) is 0 Å². The van der Waals surface area contributed by atoms with E-state index in [1.165, 1.54) is 36.4 Å². The highest BCUT2D eigenvalue weighted by Crippen LogP contribution is 2.21. The van der Waals surface area contributed by atoms with E-state index < -0.39 is 11.9 Å². The molecule has 2 amide bonds. The second-order valence-electron chi connectivity index (χ2n) is 5.42. The average Bonchev–Trinajstić information content (AvgIpc) is 2.82. The van der Waals surface area contributed by atoms with Gasteiger partial charge in [-0.05, 0) is 36.4 Å². The van der Waals surface area contributed by atoms with E-state index >= 15 is 0 Å². The lowest BCUT2D eigenvalue weighted by molar-refractivity contribution is -0.690. The second-order valence-corrected chi connectivity index (χ2v) is 5.42. The monoisotopic (exact) mass is 317 g/mol. The van der Waals surface area contributed by atoms with Crippen molar-refractivity contribution in [2.45, 2.75) is 19.0 Å². The molecule has 0 radical (unpaired) electrons. The first-order valence-corrected chi connectivity index (χ1v) is 7.25. The van der Waals surface area contributed by atoms with Gasteiger partial charge in [0.25, 0.3) is 5.91 Å². The molecule has 2 N–H and O–H groups in total. The van der Waals surface area contributed by atoms with Gasteiger partial charge in [-0.25, -0.2) is 13.7 Å². The number of imide groups is 1. The third-order valence-corrected chi connectivity index (χ3v) is 3.82.